The smallest absolute Gasteiger partial charge is 0.122 e. The summed E-state index contributed by atoms with van der Waals surface area (Å²) in [7, 11) is 0. The van der Waals surface area contributed by atoms with E-state index in [1.165, 1.54) is 0 Å². The van der Waals surface area contributed by atoms with Gasteiger partial charge in [-0.05, 0) is 0 Å². The van der Waals surface area contributed by atoms with Gasteiger partial charge in [0, 0.05) is 0 Å². The van der Waals surface area contributed by atoms with Crippen molar-refractivity contribution in [1.29, 1.82) is 10.5 Å². The Balaban J connectivity index is 2.86. The molecule has 0 saturated heterocycles. The molecular weight excluding hydrogens is 66.0 g/mol. The molecule has 0 aliphatic carbocycles. The Bertz CT molecular complexity index is 70.0. The van der Waals surface area contributed by atoms with E-state index >= 15 is 0 Å². The monoisotopic (exact) mass is 68.0 g/mol. The van der Waals surface area contributed by atoms with Crippen molar-refractivity contribution in [2.75, 3.05) is 0 Å². The molecule has 0 aliphatic heterocycles. The van der Waals surface area contributed by atoms with Gasteiger partial charge < -0.3 is 0 Å². The standard InChI is InChI=1S/C3H2N2/c4-2-1-3-5/h1H2/i2+2. The third-order valence-electron chi connectivity index (χ3n) is 0.158. The third kappa shape index (κ3) is 2.98. The first-order valence-corrected chi connectivity index (χ1v) is 1.15. The summed E-state index contributed by atoms with van der Waals surface area (Å²) in [6.45, 7) is 0. The second kappa shape index (κ2) is 2.98. The average Bonchev–Trinajstić information content (AvgIpc) is 1.41. The van der Waals surface area contributed by atoms with Gasteiger partial charge in [0.25, 0.3) is 0 Å². The fraction of sp³-hybridized carbons (Fsp3) is 0.333. The molecule has 0 aromatic heterocycles. The second-order valence-corrected chi connectivity index (χ2v) is 0.493. The Morgan fingerprint density at radius 3 is 2.40 bits per heavy atom. The molecule has 2 heteroatoms. The molecule has 0 bridgehead atoms. The van der Waals surface area contributed by atoms with E-state index in [1.807, 2.05) is 0 Å². The van der Waals surface area contributed by atoms with Crippen LogP contribution >= 0.6 is 0 Å². The Hall–Kier alpha value is -1.02. The summed E-state index contributed by atoms with van der Waals surface area (Å²) >= 11 is 0. The number of nitriles is 2. The van der Waals surface area contributed by atoms with Gasteiger partial charge in [0.2, 0.25) is 0 Å². The molecule has 2 nitrogen and oxygen atoms in total. The van der Waals surface area contributed by atoms with Gasteiger partial charge in [-0.3, -0.25) is 0 Å². The van der Waals surface area contributed by atoms with Crippen molar-refractivity contribution in [1.82, 2.24) is 0 Å². The Labute approximate surface area is 30.3 Å². The van der Waals surface area contributed by atoms with Crippen LogP contribution < -0.4 is 0 Å². The van der Waals surface area contributed by atoms with Crippen LogP contribution in [0.25, 0.3) is 0 Å². The first-order valence-electron chi connectivity index (χ1n) is 1.15. The fourth-order valence-electron chi connectivity index (χ4n) is 0.0354. The highest BCUT2D eigenvalue weighted by Crippen LogP contribution is 1.59. The van der Waals surface area contributed by atoms with Crippen molar-refractivity contribution < 1.29 is 0 Å². The predicted octanol–water partition coefficient (Wildman–Crippen LogP) is 0.424. The van der Waals surface area contributed by atoms with E-state index in [4.69, 9.17) is 10.5 Å². The SMILES string of the molecule is N#CC[14C]#N. The molecule has 0 rings (SSSR count). The van der Waals surface area contributed by atoms with Crippen LogP contribution in [0.3, 0.4) is 0 Å². The minimum atomic E-state index is 0. The summed E-state index contributed by atoms with van der Waals surface area (Å²) < 4.78 is 0. The maximum atomic E-state index is 7.59. The van der Waals surface area contributed by atoms with Crippen LogP contribution in [0.1, 0.15) is 6.42 Å². The molecule has 0 heterocycles. The zero-order valence-corrected chi connectivity index (χ0v) is 2.60. The molecule has 0 atom stereocenters. The molecule has 0 saturated carbocycles. The van der Waals surface area contributed by atoms with Gasteiger partial charge in [-0.25, -0.2) is 0 Å². The largest absolute Gasteiger partial charge is 0.197 e. The first kappa shape index (κ1) is 3.98. The quantitative estimate of drug-likeness (QED) is 0.413. The van der Waals surface area contributed by atoms with Gasteiger partial charge in [0.05, 0.1) is 12.1 Å². The van der Waals surface area contributed by atoms with Crippen LogP contribution in [0, 0.1) is 22.7 Å². The van der Waals surface area contributed by atoms with Crippen LogP contribution in [0.5, 0.6) is 0 Å². The van der Waals surface area contributed by atoms with Gasteiger partial charge in [-0.15, -0.1) is 0 Å². The Kier molecular flexibility index (Phi) is 2.37. The zero-order valence-electron chi connectivity index (χ0n) is 2.60. The summed E-state index contributed by atoms with van der Waals surface area (Å²) in [4.78, 5) is 0. The minimum Gasteiger partial charge on any atom is -0.197 e. The molecule has 0 aliphatic rings. The van der Waals surface area contributed by atoms with Gasteiger partial charge in [-0.2, -0.15) is 10.5 Å². The highest BCUT2D eigenvalue weighted by atomic mass is 14.8. The molecule has 0 aromatic carbocycles. The fourth-order valence-corrected chi connectivity index (χ4v) is 0.0354. The summed E-state index contributed by atoms with van der Waals surface area (Å²) in [5, 5.41) is 15.2. The van der Waals surface area contributed by atoms with Crippen molar-refractivity contribution in [2.45, 2.75) is 6.42 Å². The minimum absolute atomic E-state index is 0. The molecule has 24 valence electrons. The van der Waals surface area contributed by atoms with E-state index in [0.717, 1.165) is 0 Å². The third-order valence-corrected chi connectivity index (χ3v) is 0.158. The van der Waals surface area contributed by atoms with Gasteiger partial charge in [0.1, 0.15) is 6.42 Å². The molecule has 0 amide bonds. The van der Waals surface area contributed by atoms with E-state index in [2.05, 4.69) is 0 Å². The maximum Gasteiger partial charge on any atom is 0.122 e. The van der Waals surface area contributed by atoms with Crippen LogP contribution in [0.4, 0.5) is 0 Å². The molecular formula is C3H2N2. The highest BCUT2D eigenvalue weighted by Gasteiger charge is 1.61. The van der Waals surface area contributed by atoms with Gasteiger partial charge in [-0.1, -0.05) is 0 Å². The zero-order chi connectivity index (χ0) is 4.12. The van der Waals surface area contributed by atoms with Gasteiger partial charge >= 0.3 is 0 Å². The summed E-state index contributed by atoms with van der Waals surface area (Å²) in [5.41, 5.74) is 0. The van der Waals surface area contributed by atoms with E-state index < -0.39 is 0 Å². The van der Waals surface area contributed by atoms with Crippen LogP contribution in [-0.4, -0.2) is 0 Å². The molecule has 0 unspecified atom stereocenters. The van der Waals surface area contributed by atoms with Gasteiger partial charge in [0.15, 0.2) is 0 Å². The van der Waals surface area contributed by atoms with Crippen LogP contribution in [0.2, 0.25) is 0 Å². The molecule has 0 aromatic rings. The number of hydrogen-bond donors (Lipinski definition) is 0. The van der Waals surface area contributed by atoms with Crippen LogP contribution in [-0.2, 0) is 0 Å². The van der Waals surface area contributed by atoms with Crippen molar-refractivity contribution in [2.24, 2.45) is 0 Å². The lowest BCUT2D eigenvalue weighted by Gasteiger charge is -1.45. The maximum absolute atomic E-state index is 7.59. The molecule has 0 radical (unpaired) electrons. The van der Waals surface area contributed by atoms with E-state index in [-0.39, 0.29) is 6.42 Å². The van der Waals surface area contributed by atoms with E-state index in [0.29, 0.717) is 0 Å². The van der Waals surface area contributed by atoms with E-state index in [9.17, 15) is 0 Å². The Morgan fingerprint density at radius 2 is 2.40 bits per heavy atom. The van der Waals surface area contributed by atoms with Crippen molar-refractivity contribution in [3.63, 3.8) is 0 Å². The number of rotatable bonds is 0. The number of hydrogen-bond acceptors (Lipinski definition) is 2. The summed E-state index contributed by atoms with van der Waals surface area (Å²) in [5.74, 6) is 0. The van der Waals surface area contributed by atoms with Crippen molar-refractivity contribution in [3.05, 3.63) is 0 Å². The second-order valence-electron chi connectivity index (χ2n) is 0.493. The van der Waals surface area contributed by atoms with Crippen molar-refractivity contribution >= 4 is 0 Å². The lowest BCUT2D eigenvalue weighted by atomic mass is 10.8. The molecule has 5 heavy (non-hydrogen) atoms. The average molecular weight is 68.1 g/mol. The number of nitrogens with zero attached hydrogens (tertiary/aromatic N) is 2. The predicted molar refractivity (Wildman–Crippen MR) is 15.8 cm³/mol. The lowest BCUT2D eigenvalue weighted by molar-refractivity contribution is 1.33. The summed E-state index contributed by atoms with van der Waals surface area (Å²) in [6, 6.07) is 3.31. The molecule has 0 fully saturated rings. The van der Waals surface area contributed by atoms with Crippen molar-refractivity contribution in [3.8, 4) is 12.1 Å². The highest BCUT2D eigenvalue weighted by molar-refractivity contribution is 4.85. The Morgan fingerprint density at radius 1 is 1.80 bits per heavy atom. The lowest BCUT2D eigenvalue weighted by Crippen LogP contribution is -1.47. The topological polar surface area (TPSA) is 47.6 Å². The van der Waals surface area contributed by atoms with Crippen LogP contribution in [0.15, 0.2) is 0 Å². The normalized spacial score (nSPS) is 4.40. The summed E-state index contributed by atoms with van der Waals surface area (Å²) in [6.07, 6.45) is 0. The first-order chi connectivity index (χ1) is 2.41. The van der Waals surface area contributed by atoms with E-state index in [1.54, 1.807) is 12.1 Å². The molecule has 0 N–H and O–H groups in total. The molecule has 0 spiro atoms.